The van der Waals surface area contributed by atoms with Gasteiger partial charge in [-0.3, -0.25) is 0 Å². The van der Waals surface area contributed by atoms with Crippen LogP contribution >= 0.6 is 0 Å². The van der Waals surface area contributed by atoms with E-state index < -0.39 is 0 Å². The van der Waals surface area contributed by atoms with Crippen molar-refractivity contribution < 1.29 is 0 Å². The number of hydrogen-bond donors (Lipinski definition) is 0. The van der Waals surface area contributed by atoms with Crippen LogP contribution in [0.5, 0.6) is 0 Å². The highest BCUT2D eigenvalue weighted by atomic mass is 15.1. The van der Waals surface area contributed by atoms with E-state index in [-0.39, 0.29) is 0 Å². The lowest BCUT2D eigenvalue weighted by Gasteiger charge is -2.28. The molecule has 2 heteroatoms. The molecule has 0 amide bonds. The molecule has 1 aliphatic carbocycles. The van der Waals surface area contributed by atoms with E-state index >= 15 is 0 Å². The van der Waals surface area contributed by atoms with Gasteiger partial charge in [0.05, 0.1) is 11.6 Å². The molecule has 1 aliphatic rings. The zero-order valence-electron chi connectivity index (χ0n) is 11.4. The minimum atomic E-state index is 0.566. The third-order valence-electron chi connectivity index (χ3n) is 4.32. The lowest BCUT2D eigenvalue weighted by molar-refractivity contribution is 0.610. The van der Waals surface area contributed by atoms with Crippen LogP contribution < -0.4 is 4.90 Å². The lowest BCUT2D eigenvalue weighted by atomic mass is 10.0. The van der Waals surface area contributed by atoms with Crippen molar-refractivity contribution in [1.29, 1.82) is 5.26 Å². The van der Waals surface area contributed by atoms with Crippen molar-refractivity contribution in [3.8, 4) is 6.07 Å². The van der Waals surface area contributed by atoms with Crippen LogP contribution in [0.4, 0.5) is 5.69 Å². The van der Waals surface area contributed by atoms with E-state index in [4.69, 9.17) is 0 Å². The van der Waals surface area contributed by atoms with Gasteiger partial charge in [-0.1, -0.05) is 24.3 Å². The maximum atomic E-state index is 9.21. The Balaban J connectivity index is 2.11. The molecule has 0 radical (unpaired) electrons. The fraction of sp³-hybridized carbons (Fsp3) is 0.353. The van der Waals surface area contributed by atoms with Gasteiger partial charge in [-0.25, -0.2) is 0 Å². The van der Waals surface area contributed by atoms with Crippen LogP contribution in [0.2, 0.25) is 0 Å². The number of anilines is 1. The normalized spacial score (nSPS) is 16.1. The summed E-state index contributed by atoms with van der Waals surface area (Å²) in [6.07, 6.45) is 2.69. The summed E-state index contributed by atoms with van der Waals surface area (Å²) in [5.41, 5.74) is 1.99. The second kappa shape index (κ2) is 4.59. The van der Waals surface area contributed by atoms with Gasteiger partial charge >= 0.3 is 0 Å². The van der Waals surface area contributed by atoms with Gasteiger partial charge in [-0.2, -0.15) is 5.26 Å². The van der Waals surface area contributed by atoms with Crippen molar-refractivity contribution in [2.24, 2.45) is 5.92 Å². The third-order valence-corrected chi connectivity index (χ3v) is 4.32. The summed E-state index contributed by atoms with van der Waals surface area (Å²) >= 11 is 0. The van der Waals surface area contributed by atoms with Gasteiger partial charge in [0.25, 0.3) is 0 Å². The number of hydrogen-bond acceptors (Lipinski definition) is 2. The molecule has 19 heavy (non-hydrogen) atoms. The molecule has 3 rings (SSSR count). The summed E-state index contributed by atoms with van der Waals surface area (Å²) < 4.78 is 0. The van der Waals surface area contributed by atoms with Crippen LogP contribution in [0.3, 0.4) is 0 Å². The molecule has 0 N–H and O–H groups in total. The van der Waals surface area contributed by atoms with E-state index in [1.54, 1.807) is 0 Å². The molecule has 1 fully saturated rings. The van der Waals surface area contributed by atoms with Crippen molar-refractivity contribution >= 4 is 16.5 Å². The van der Waals surface area contributed by atoms with Crippen molar-refractivity contribution in [2.45, 2.75) is 25.8 Å². The maximum Gasteiger partial charge on any atom is 0.0998 e. The standard InChI is InChI=1S/C17H18N2/c1-12(13-7-8-13)19(2)17-10-9-14(11-18)15-5-3-4-6-16(15)17/h3-6,9-10,12-13H,7-8H2,1-2H3. The lowest BCUT2D eigenvalue weighted by Crippen LogP contribution is -2.30. The molecular formula is C17H18N2. The second-order valence-corrected chi connectivity index (χ2v) is 5.48. The van der Waals surface area contributed by atoms with Crippen molar-refractivity contribution in [1.82, 2.24) is 0 Å². The van der Waals surface area contributed by atoms with Gasteiger partial charge in [0, 0.05) is 29.5 Å². The zero-order chi connectivity index (χ0) is 13.4. The van der Waals surface area contributed by atoms with E-state index in [0.29, 0.717) is 6.04 Å². The molecule has 2 aromatic rings. The van der Waals surface area contributed by atoms with E-state index in [2.05, 4.69) is 37.1 Å². The van der Waals surface area contributed by atoms with Gasteiger partial charge < -0.3 is 4.90 Å². The molecule has 0 aromatic heterocycles. The summed E-state index contributed by atoms with van der Waals surface area (Å²) in [5.74, 6) is 0.833. The summed E-state index contributed by atoms with van der Waals surface area (Å²) in [6, 6.07) is 15.1. The smallest absolute Gasteiger partial charge is 0.0998 e. The highest BCUT2D eigenvalue weighted by Crippen LogP contribution is 2.38. The van der Waals surface area contributed by atoms with Crippen molar-refractivity contribution in [2.75, 3.05) is 11.9 Å². The Morgan fingerprint density at radius 2 is 1.84 bits per heavy atom. The highest BCUT2D eigenvalue weighted by Gasteiger charge is 2.31. The molecule has 0 spiro atoms. The number of nitriles is 1. The van der Waals surface area contributed by atoms with Crippen LogP contribution in [-0.4, -0.2) is 13.1 Å². The molecule has 96 valence electrons. The molecule has 1 atom stereocenters. The summed E-state index contributed by atoms with van der Waals surface area (Å²) in [7, 11) is 2.16. The first-order chi connectivity index (χ1) is 9.22. The second-order valence-electron chi connectivity index (χ2n) is 5.48. The summed E-state index contributed by atoms with van der Waals surface area (Å²) in [4.78, 5) is 2.36. The topological polar surface area (TPSA) is 27.0 Å². The predicted molar refractivity (Wildman–Crippen MR) is 79.3 cm³/mol. The molecular weight excluding hydrogens is 232 g/mol. The number of fused-ring (bicyclic) bond motifs is 1. The first kappa shape index (κ1) is 12.0. The third kappa shape index (κ3) is 2.06. The largest absolute Gasteiger partial charge is 0.371 e. The first-order valence-electron chi connectivity index (χ1n) is 6.87. The fourth-order valence-electron chi connectivity index (χ4n) is 2.80. The Morgan fingerprint density at radius 3 is 2.47 bits per heavy atom. The molecule has 2 aromatic carbocycles. The molecule has 1 saturated carbocycles. The van der Waals surface area contributed by atoms with Crippen LogP contribution in [0.15, 0.2) is 36.4 Å². The molecule has 1 unspecified atom stereocenters. The monoisotopic (exact) mass is 250 g/mol. The number of rotatable bonds is 3. The van der Waals surface area contributed by atoms with Crippen LogP contribution in [0, 0.1) is 17.2 Å². The van der Waals surface area contributed by atoms with Gasteiger partial charge in [0.15, 0.2) is 0 Å². The number of benzene rings is 2. The molecule has 0 aliphatic heterocycles. The zero-order valence-corrected chi connectivity index (χ0v) is 11.4. The van der Waals surface area contributed by atoms with E-state index in [1.807, 2.05) is 24.3 Å². The van der Waals surface area contributed by atoms with E-state index in [9.17, 15) is 5.26 Å². The average molecular weight is 250 g/mol. The summed E-state index contributed by atoms with van der Waals surface area (Å²) in [6.45, 7) is 2.30. The van der Waals surface area contributed by atoms with Crippen LogP contribution in [0.1, 0.15) is 25.3 Å². The Kier molecular flexibility index (Phi) is 2.91. The minimum Gasteiger partial charge on any atom is -0.371 e. The average Bonchev–Trinajstić information content (AvgIpc) is 3.29. The maximum absolute atomic E-state index is 9.21. The Hall–Kier alpha value is -2.01. The quantitative estimate of drug-likeness (QED) is 0.824. The minimum absolute atomic E-state index is 0.566. The van der Waals surface area contributed by atoms with Crippen LogP contribution in [0.25, 0.3) is 10.8 Å². The Labute approximate surface area is 114 Å². The van der Waals surface area contributed by atoms with E-state index in [0.717, 1.165) is 16.9 Å². The van der Waals surface area contributed by atoms with E-state index in [1.165, 1.54) is 23.9 Å². The van der Waals surface area contributed by atoms with Gasteiger partial charge in [0.2, 0.25) is 0 Å². The molecule has 0 heterocycles. The highest BCUT2D eigenvalue weighted by molar-refractivity contribution is 5.97. The predicted octanol–water partition coefficient (Wildman–Crippen LogP) is 3.95. The van der Waals surface area contributed by atoms with Crippen LogP contribution in [-0.2, 0) is 0 Å². The van der Waals surface area contributed by atoms with Gasteiger partial charge in [-0.05, 0) is 37.8 Å². The van der Waals surface area contributed by atoms with Gasteiger partial charge in [-0.15, -0.1) is 0 Å². The fourth-order valence-corrected chi connectivity index (χ4v) is 2.80. The molecule has 0 bridgehead atoms. The Bertz CT molecular complexity index is 650. The number of nitrogens with zero attached hydrogens (tertiary/aromatic N) is 2. The Morgan fingerprint density at radius 1 is 1.16 bits per heavy atom. The van der Waals surface area contributed by atoms with Gasteiger partial charge in [0.1, 0.15) is 0 Å². The van der Waals surface area contributed by atoms with Crippen molar-refractivity contribution in [3.05, 3.63) is 42.0 Å². The SMILES string of the molecule is CC(C1CC1)N(C)c1ccc(C#N)c2ccccc12. The molecule has 2 nitrogen and oxygen atoms in total. The van der Waals surface area contributed by atoms with Crippen molar-refractivity contribution in [3.63, 3.8) is 0 Å². The molecule has 0 saturated heterocycles. The summed E-state index contributed by atoms with van der Waals surface area (Å²) in [5, 5.41) is 11.4. The first-order valence-corrected chi connectivity index (χ1v) is 6.87.